The maximum atomic E-state index is 14.8. The highest BCUT2D eigenvalue weighted by molar-refractivity contribution is 5.95. The summed E-state index contributed by atoms with van der Waals surface area (Å²) in [4.78, 5) is 51.3. The van der Waals surface area contributed by atoms with Crippen LogP contribution in [0.5, 0.6) is 0 Å². The number of ketones is 1. The van der Waals surface area contributed by atoms with E-state index in [1.807, 2.05) is 26.8 Å². The molecular weight excluding hydrogens is 760 g/mol. The Balaban J connectivity index is 1.17. The molecule has 58 heavy (non-hydrogen) atoms. The van der Waals surface area contributed by atoms with Gasteiger partial charge < -0.3 is 59.8 Å². The number of aliphatic hydroxyl groups is 5. The second-order valence-corrected chi connectivity index (χ2v) is 20.6. The Kier molecular flexibility index (Phi) is 10.7. The summed E-state index contributed by atoms with van der Waals surface area (Å²) in [7, 11) is 0. The monoisotopic (exact) mass is 822 g/mol. The topological polar surface area (TPSA) is 267 Å². The van der Waals surface area contributed by atoms with E-state index in [0.717, 1.165) is 37.7 Å². The number of ether oxygens (including phenoxy) is 4. The smallest absolute Gasteiger partial charge is 0.335 e. The molecule has 326 valence electrons. The van der Waals surface area contributed by atoms with Gasteiger partial charge in [-0.05, 0) is 110 Å². The number of hydrogen-bond acceptors (Lipinski definition) is 13. The highest BCUT2D eigenvalue weighted by atomic mass is 16.8. The molecule has 19 atom stereocenters. The van der Waals surface area contributed by atoms with Gasteiger partial charge in [-0.3, -0.25) is 9.59 Å². The van der Waals surface area contributed by atoms with Crippen LogP contribution >= 0.6 is 0 Å². The zero-order valence-electron chi connectivity index (χ0n) is 34.4. The van der Waals surface area contributed by atoms with Gasteiger partial charge in [-0.2, -0.15) is 0 Å². The van der Waals surface area contributed by atoms with E-state index in [9.17, 15) is 60.0 Å². The fourth-order valence-corrected chi connectivity index (χ4v) is 13.4. The normalized spacial score (nSPS) is 52.6. The van der Waals surface area contributed by atoms with Gasteiger partial charge in [0.05, 0.1) is 11.5 Å². The predicted molar refractivity (Wildman–Crippen MR) is 199 cm³/mol. The van der Waals surface area contributed by atoms with Gasteiger partial charge in [0.2, 0.25) is 0 Å². The summed E-state index contributed by atoms with van der Waals surface area (Å²) in [5.41, 5.74) is -1.81. The molecule has 0 aromatic heterocycles. The van der Waals surface area contributed by atoms with E-state index in [-0.39, 0.29) is 34.4 Å². The molecule has 0 spiro atoms. The van der Waals surface area contributed by atoms with Gasteiger partial charge >= 0.3 is 17.9 Å². The zero-order chi connectivity index (χ0) is 42.9. The van der Waals surface area contributed by atoms with Crippen molar-refractivity contribution in [2.45, 2.75) is 174 Å². The molecule has 2 heterocycles. The molecule has 5 aliphatic carbocycles. The number of carboxylic acids is 3. The first-order valence-corrected chi connectivity index (χ1v) is 20.7. The number of fused-ring (bicyclic) bond motifs is 7. The zero-order valence-corrected chi connectivity index (χ0v) is 34.4. The number of carbonyl (C=O) groups is 4. The van der Waals surface area contributed by atoms with E-state index < -0.39 is 107 Å². The number of aliphatic carboxylic acids is 3. The second kappa shape index (κ2) is 14.3. The van der Waals surface area contributed by atoms with Crippen molar-refractivity contribution >= 4 is 23.7 Å². The third-order valence-electron chi connectivity index (χ3n) is 17.2. The van der Waals surface area contributed by atoms with Gasteiger partial charge in [0, 0.05) is 5.92 Å². The van der Waals surface area contributed by atoms with Gasteiger partial charge in [0.15, 0.2) is 30.6 Å². The quantitative estimate of drug-likeness (QED) is 0.171. The van der Waals surface area contributed by atoms with Crippen molar-refractivity contribution in [1.29, 1.82) is 0 Å². The van der Waals surface area contributed by atoms with Crippen LogP contribution in [0.1, 0.15) is 106 Å². The van der Waals surface area contributed by atoms with E-state index in [4.69, 9.17) is 18.9 Å². The SMILES string of the molecule is CC12CC[C@](C)(C(=O)O)CC1C1=CC(=O)[C@@H]3[C@@]4(C)CC[C@H](O[C@H]5O[C@H](C(=O)O)[C@@H](O)[C@H](O)[C@H]5O[C@@H]5O[C@H](C(=O)O)[C@@H](O)[C@H](O)[C@H]5O)C(C)(C)[C@@H]4CC[C@@]3(C)[C@]1(C)CC2. The lowest BCUT2D eigenvalue weighted by molar-refractivity contribution is -0.371. The van der Waals surface area contributed by atoms with Crippen LogP contribution in [-0.2, 0) is 38.1 Å². The molecule has 0 aromatic carbocycles. The first kappa shape index (κ1) is 43.5. The Hall–Kier alpha value is -2.54. The van der Waals surface area contributed by atoms with E-state index in [1.54, 1.807) is 0 Å². The van der Waals surface area contributed by atoms with Crippen molar-refractivity contribution in [2.75, 3.05) is 0 Å². The molecule has 16 heteroatoms. The molecule has 6 fully saturated rings. The molecule has 2 saturated heterocycles. The lowest BCUT2D eigenvalue weighted by atomic mass is 9.33. The van der Waals surface area contributed by atoms with Crippen molar-refractivity contribution in [2.24, 2.45) is 50.2 Å². The average Bonchev–Trinajstić information content (AvgIpc) is 3.13. The minimum atomic E-state index is -2.05. The van der Waals surface area contributed by atoms with E-state index in [2.05, 4.69) is 27.7 Å². The Bertz CT molecular complexity index is 1730. The first-order chi connectivity index (χ1) is 26.8. The molecule has 2 unspecified atom stereocenters. The highest BCUT2D eigenvalue weighted by Crippen LogP contribution is 2.75. The molecule has 0 radical (unpaired) electrons. The summed E-state index contributed by atoms with van der Waals surface area (Å²) in [5, 5.41) is 83.0. The van der Waals surface area contributed by atoms with Gasteiger partial charge in [0.1, 0.15) is 36.6 Å². The minimum absolute atomic E-state index is 0.0217. The Morgan fingerprint density at radius 3 is 1.88 bits per heavy atom. The van der Waals surface area contributed by atoms with Gasteiger partial charge in [-0.15, -0.1) is 0 Å². The molecule has 16 nitrogen and oxygen atoms in total. The fourth-order valence-electron chi connectivity index (χ4n) is 13.4. The number of allylic oxidation sites excluding steroid dienone is 2. The largest absolute Gasteiger partial charge is 0.481 e. The van der Waals surface area contributed by atoms with Crippen molar-refractivity contribution < 1.29 is 79.0 Å². The number of carboxylic acid groups (broad SMARTS) is 3. The summed E-state index contributed by atoms with van der Waals surface area (Å²) >= 11 is 0. The first-order valence-electron chi connectivity index (χ1n) is 20.7. The van der Waals surface area contributed by atoms with E-state index >= 15 is 0 Å². The highest BCUT2D eigenvalue weighted by Gasteiger charge is 2.71. The molecule has 7 rings (SSSR count). The average molecular weight is 823 g/mol. The van der Waals surface area contributed by atoms with Crippen LogP contribution in [0, 0.1) is 50.2 Å². The van der Waals surface area contributed by atoms with Gasteiger partial charge in [0.25, 0.3) is 0 Å². The molecule has 0 aromatic rings. The number of aliphatic hydroxyl groups excluding tert-OH is 5. The van der Waals surface area contributed by atoms with Crippen LogP contribution in [0.15, 0.2) is 11.6 Å². The fraction of sp³-hybridized carbons (Fsp3) is 0.857. The standard InChI is InChI=1S/C42H62O16/c1-37(2)21-8-11-42(7)31(20(43)16-18-19-17-39(4,36(53)54)13-12-38(19,3)14-15-41(18,42)6)40(21,5)10-9-22(37)55-35-30(26(47)25(46)29(57-35)33(51)52)58-34-27(48)23(44)24(45)28(56-34)32(49)50/h16,19,21-31,34-35,44-48H,8-15,17H2,1-7H3,(H,49,50)(H,51,52)(H,53,54)/t19?,21-,22-,23-,24-,25-,26-,27+,28-,29-,30+,31+,34-,35-,38?,39-,40-,41+,42+/m0/s1. The minimum Gasteiger partial charge on any atom is -0.481 e. The van der Waals surface area contributed by atoms with Crippen LogP contribution in [0.2, 0.25) is 0 Å². The molecule has 0 bridgehead atoms. The van der Waals surface area contributed by atoms with Crippen LogP contribution in [0.25, 0.3) is 0 Å². The Morgan fingerprint density at radius 2 is 1.28 bits per heavy atom. The second-order valence-electron chi connectivity index (χ2n) is 20.6. The molecule has 7 aliphatic rings. The van der Waals surface area contributed by atoms with Crippen molar-refractivity contribution in [1.82, 2.24) is 0 Å². The maximum Gasteiger partial charge on any atom is 0.335 e. The van der Waals surface area contributed by atoms with Crippen molar-refractivity contribution in [3.8, 4) is 0 Å². The number of rotatable bonds is 7. The maximum absolute atomic E-state index is 14.8. The molecule has 2 aliphatic heterocycles. The van der Waals surface area contributed by atoms with E-state index in [1.165, 1.54) is 0 Å². The summed E-state index contributed by atoms with van der Waals surface area (Å²) in [6.07, 6.45) is -12.2. The van der Waals surface area contributed by atoms with Crippen LogP contribution < -0.4 is 0 Å². The van der Waals surface area contributed by atoms with Crippen LogP contribution in [-0.4, -0.2) is 132 Å². The van der Waals surface area contributed by atoms with Gasteiger partial charge in [-0.25, -0.2) is 9.59 Å². The van der Waals surface area contributed by atoms with Crippen molar-refractivity contribution in [3.63, 3.8) is 0 Å². The summed E-state index contributed by atoms with van der Waals surface area (Å²) in [5.74, 6) is -4.47. The molecular formula is C42H62O16. The summed E-state index contributed by atoms with van der Waals surface area (Å²) in [6, 6.07) is 0. The number of carbonyl (C=O) groups excluding carboxylic acids is 1. The summed E-state index contributed by atoms with van der Waals surface area (Å²) < 4.78 is 23.4. The molecule has 4 saturated carbocycles. The van der Waals surface area contributed by atoms with Crippen LogP contribution in [0.3, 0.4) is 0 Å². The predicted octanol–water partition coefficient (Wildman–Crippen LogP) is 2.25. The van der Waals surface area contributed by atoms with E-state index in [0.29, 0.717) is 25.7 Å². The van der Waals surface area contributed by atoms with Crippen LogP contribution in [0.4, 0.5) is 0 Å². The lowest BCUT2D eigenvalue weighted by Gasteiger charge is -2.70. The molecule has 0 amide bonds. The summed E-state index contributed by atoms with van der Waals surface area (Å²) in [6.45, 7) is 14.8. The van der Waals surface area contributed by atoms with Gasteiger partial charge in [-0.1, -0.05) is 47.1 Å². The lowest BCUT2D eigenvalue weighted by Crippen LogP contribution is -2.68. The Labute approximate surface area is 337 Å². The Morgan fingerprint density at radius 1 is 0.690 bits per heavy atom. The third-order valence-corrected chi connectivity index (χ3v) is 17.2. The molecule has 8 N–H and O–H groups in total. The number of hydrogen-bond donors (Lipinski definition) is 8. The third kappa shape index (κ3) is 6.25. The van der Waals surface area contributed by atoms with Crippen molar-refractivity contribution in [3.05, 3.63) is 11.6 Å².